The van der Waals surface area contributed by atoms with Crippen molar-refractivity contribution in [3.05, 3.63) is 113 Å². The van der Waals surface area contributed by atoms with Gasteiger partial charge in [-0.25, -0.2) is 18.7 Å². The maximum absolute atomic E-state index is 14.7. The number of furan rings is 1. The second-order valence-corrected chi connectivity index (χ2v) is 8.32. The van der Waals surface area contributed by atoms with E-state index in [9.17, 15) is 18.7 Å². The quantitative estimate of drug-likeness (QED) is 0.343. The molecular weight excluding hydrogens is 452 g/mol. The third-order valence-corrected chi connectivity index (χ3v) is 5.72. The second kappa shape index (κ2) is 9.13. The van der Waals surface area contributed by atoms with Crippen LogP contribution in [-0.2, 0) is 24.1 Å². The molecular formula is C27H21F2N3O3. The first kappa shape index (κ1) is 22.5. The fraction of sp³-hybridized carbons (Fsp3) is 0.148. The van der Waals surface area contributed by atoms with Gasteiger partial charge in [0.15, 0.2) is 5.65 Å². The highest BCUT2D eigenvalue weighted by Crippen LogP contribution is 2.27. The second-order valence-electron chi connectivity index (χ2n) is 8.32. The topological polar surface area (TPSA) is 80.6 Å². The van der Waals surface area contributed by atoms with Crippen LogP contribution in [0.1, 0.15) is 34.2 Å². The molecule has 35 heavy (non-hydrogen) atoms. The number of carboxylic acid groups (broad SMARTS) is 1. The van der Waals surface area contributed by atoms with Gasteiger partial charge in [0.1, 0.15) is 23.2 Å². The fourth-order valence-electron chi connectivity index (χ4n) is 4.18. The first-order valence-corrected chi connectivity index (χ1v) is 11.0. The van der Waals surface area contributed by atoms with Crippen LogP contribution >= 0.6 is 0 Å². The Bertz CT molecular complexity index is 1550. The number of benzene rings is 2. The van der Waals surface area contributed by atoms with Crippen molar-refractivity contribution in [3.8, 4) is 11.3 Å². The summed E-state index contributed by atoms with van der Waals surface area (Å²) in [5.41, 5.74) is 3.14. The van der Waals surface area contributed by atoms with E-state index in [0.717, 1.165) is 5.76 Å². The van der Waals surface area contributed by atoms with Gasteiger partial charge in [-0.3, -0.25) is 9.20 Å². The Morgan fingerprint density at radius 3 is 2.54 bits per heavy atom. The lowest BCUT2D eigenvalue weighted by molar-refractivity contribution is -0.136. The standard InChI is InChI=1S/C27H21F2N3O3/c1-16-9-10-19(35-16)13-22-25(14-26(33)34)32-15-24(20-7-2-3-8-21(20)29)30-23(27(32)31-22)12-17-5-4-6-18(28)11-17/h2-11,15H,12-14H2,1H3,(H,33,34). The van der Waals surface area contributed by atoms with Gasteiger partial charge in [-0.2, -0.15) is 0 Å². The predicted octanol–water partition coefficient (Wildman–Crippen LogP) is 5.38. The number of aromatic nitrogens is 3. The molecule has 0 unspecified atom stereocenters. The lowest BCUT2D eigenvalue weighted by Gasteiger charge is -2.10. The fourth-order valence-corrected chi connectivity index (χ4v) is 4.18. The van der Waals surface area contributed by atoms with Gasteiger partial charge in [-0.05, 0) is 48.9 Å². The van der Waals surface area contributed by atoms with E-state index in [1.54, 1.807) is 40.9 Å². The number of aryl methyl sites for hydroxylation is 1. The summed E-state index contributed by atoms with van der Waals surface area (Å²) in [6.07, 6.45) is 1.82. The molecule has 0 aliphatic rings. The smallest absolute Gasteiger partial charge is 0.309 e. The zero-order valence-electron chi connectivity index (χ0n) is 18.8. The maximum atomic E-state index is 14.7. The number of aliphatic carboxylic acids is 1. The van der Waals surface area contributed by atoms with Crippen molar-refractivity contribution in [1.29, 1.82) is 0 Å². The maximum Gasteiger partial charge on any atom is 0.309 e. The molecule has 6 nitrogen and oxygen atoms in total. The number of imidazole rings is 1. The van der Waals surface area contributed by atoms with E-state index in [2.05, 4.69) is 4.98 Å². The molecule has 8 heteroatoms. The summed E-state index contributed by atoms with van der Waals surface area (Å²) in [4.78, 5) is 21.2. The normalized spacial score (nSPS) is 11.3. The van der Waals surface area contributed by atoms with Crippen LogP contribution < -0.4 is 0 Å². The van der Waals surface area contributed by atoms with Crippen molar-refractivity contribution in [1.82, 2.24) is 14.4 Å². The zero-order chi connectivity index (χ0) is 24.5. The van der Waals surface area contributed by atoms with E-state index in [4.69, 9.17) is 9.40 Å². The molecule has 176 valence electrons. The molecule has 0 saturated heterocycles. The number of rotatable bonds is 7. The van der Waals surface area contributed by atoms with Crippen LogP contribution in [0.3, 0.4) is 0 Å². The average molecular weight is 473 g/mol. The molecule has 0 atom stereocenters. The molecule has 1 N–H and O–H groups in total. The van der Waals surface area contributed by atoms with Gasteiger partial charge >= 0.3 is 5.97 Å². The molecule has 0 fully saturated rings. The monoisotopic (exact) mass is 473 g/mol. The average Bonchev–Trinajstić information content (AvgIpc) is 3.37. The van der Waals surface area contributed by atoms with Crippen molar-refractivity contribution in [2.45, 2.75) is 26.2 Å². The van der Waals surface area contributed by atoms with Crippen molar-refractivity contribution in [2.75, 3.05) is 0 Å². The highest BCUT2D eigenvalue weighted by molar-refractivity contribution is 5.71. The molecule has 0 aliphatic heterocycles. The van der Waals surface area contributed by atoms with Gasteiger partial charge in [0.25, 0.3) is 0 Å². The van der Waals surface area contributed by atoms with Crippen LogP contribution in [0, 0.1) is 18.6 Å². The molecule has 2 aromatic carbocycles. The zero-order valence-corrected chi connectivity index (χ0v) is 18.8. The van der Waals surface area contributed by atoms with Crippen molar-refractivity contribution in [3.63, 3.8) is 0 Å². The minimum absolute atomic E-state index is 0.229. The van der Waals surface area contributed by atoms with Crippen LogP contribution in [0.5, 0.6) is 0 Å². The summed E-state index contributed by atoms with van der Waals surface area (Å²) in [6.45, 7) is 1.83. The summed E-state index contributed by atoms with van der Waals surface area (Å²) in [5.74, 6) is -0.486. The third-order valence-electron chi connectivity index (χ3n) is 5.72. The predicted molar refractivity (Wildman–Crippen MR) is 125 cm³/mol. The lowest BCUT2D eigenvalue weighted by Crippen LogP contribution is -2.08. The SMILES string of the molecule is Cc1ccc(Cc2nc3c(Cc4cccc(F)c4)nc(-c4ccccc4F)cn3c2CC(=O)O)o1. The molecule has 0 radical (unpaired) electrons. The number of fused-ring (bicyclic) bond motifs is 1. The van der Waals surface area contributed by atoms with Gasteiger partial charge in [0.05, 0.1) is 35.6 Å². The summed E-state index contributed by atoms with van der Waals surface area (Å²) in [6, 6.07) is 16.0. The number of hydrogen-bond donors (Lipinski definition) is 1. The molecule has 0 saturated carbocycles. The molecule has 0 bridgehead atoms. The minimum atomic E-state index is -1.03. The van der Waals surface area contributed by atoms with E-state index in [0.29, 0.717) is 39.7 Å². The summed E-state index contributed by atoms with van der Waals surface area (Å²) < 4.78 is 35.9. The Balaban J connectivity index is 1.73. The van der Waals surface area contributed by atoms with E-state index in [1.165, 1.54) is 18.2 Å². The Morgan fingerprint density at radius 1 is 1.00 bits per heavy atom. The van der Waals surface area contributed by atoms with Crippen molar-refractivity contribution < 1.29 is 23.1 Å². The molecule has 0 spiro atoms. The summed E-state index contributed by atoms with van der Waals surface area (Å²) >= 11 is 0. The Kier molecular flexibility index (Phi) is 5.86. The molecule has 5 rings (SSSR count). The highest BCUT2D eigenvalue weighted by atomic mass is 19.1. The van der Waals surface area contributed by atoms with E-state index in [-0.39, 0.29) is 30.6 Å². The van der Waals surface area contributed by atoms with Crippen LogP contribution in [-0.4, -0.2) is 25.4 Å². The van der Waals surface area contributed by atoms with Crippen molar-refractivity contribution in [2.24, 2.45) is 0 Å². The van der Waals surface area contributed by atoms with Gasteiger partial charge < -0.3 is 9.52 Å². The van der Waals surface area contributed by atoms with E-state index in [1.807, 2.05) is 19.1 Å². The third kappa shape index (κ3) is 4.68. The number of carboxylic acids is 1. The Hall–Kier alpha value is -4.33. The van der Waals surface area contributed by atoms with Crippen LogP contribution in [0.15, 0.2) is 71.3 Å². The van der Waals surface area contributed by atoms with E-state index < -0.39 is 11.8 Å². The largest absolute Gasteiger partial charge is 0.481 e. The molecule has 3 heterocycles. The van der Waals surface area contributed by atoms with Crippen LogP contribution in [0.4, 0.5) is 8.78 Å². The number of carbonyl (C=O) groups is 1. The van der Waals surface area contributed by atoms with Crippen LogP contribution in [0.2, 0.25) is 0 Å². The van der Waals surface area contributed by atoms with E-state index >= 15 is 0 Å². The van der Waals surface area contributed by atoms with Crippen molar-refractivity contribution >= 4 is 11.6 Å². The Morgan fingerprint density at radius 2 is 1.83 bits per heavy atom. The highest BCUT2D eigenvalue weighted by Gasteiger charge is 2.21. The molecule has 5 aromatic rings. The first-order chi connectivity index (χ1) is 16.9. The molecule has 0 aliphatic carbocycles. The number of nitrogens with zero attached hydrogens (tertiary/aromatic N) is 3. The molecule has 3 aromatic heterocycles. The molecule has 0 amide bonds. The summed E-state index contributed by atoms with van der Waals surface area (Å²) in [7, 11) is 0. The number of hydrogen-bond acceptors (Lipinski definition) is 4. The van der Waals surface area contributed by atoms with Gasteiger partial charge in [-0.1, -0.05) is 24.3 Å². The van der Waals surface area contributed by atoms with Gasteiger partial charge in [0.2, 0.25) is 0 Å². The van der Waals surface area contributed by atoms with Gasteiger partial charge in [-0.15, -0.1) is 0 Å². The number of halogens is 2. The lowest BCUT2D eigenvalue weighted by atomic mass is 10.1. The van der Waals surface area contributed by atoms with Gasteiger partial charge in [0, 0.05) is 18.2 Å². The van der Waals surface area contributed by atoms with Crippen LogP contribution in [0.25, 0.3) is 16.9 Å². The first-order valence-electron chi connectivity index (χ1n) is 11.0. The summed E-state index contributed by atoms with van der Waals surface area (Å²) in [5, 5.41) is 9.62. The Labute approximate surface area is 199 Å². The minimum Gasteiger partial charge on any atom is -0.481 e.